The molecule has 0 bridgehead atoms. The van der Waals surface area contributed by atoms with E-state index in [0.29, 0.717) is 30.0 Å². The van der Waals surface area contributed by atoms with E-state index in [1.54, 1.807) is 24.6 Å². The Labute approximate surface area is 169 Å². The van der Waals surface area contributed by atoms with Crippen molar-refractivity contribution in [3.8, 4) is 0 Å². The van der Waals surface area contributed by atoms with Gasteiger partial charge in [0, 0.05) is 35.7 Å². The Hall–Kier alpha value is -3.15. The number of aryl methyl sites for hydroxylation is 1. The van der Waals surface area contributed by atoms with E-state index in [4.69, 9.17) is 4.42 Å². The van der Waals surface area contributed by atoms with Gasteiger partial charge in [-0.1, -0.05) is 0 Å². The summed E-state index contributed by atoms with van der Waals surface area (Å²) in [4.78, 5) is 29.3. The molecule has 0 saturated heterocycles. The smallest absolute Gasteiger partial charge is 0.254 e. The molecule has 3 aromatic rings. The zero-order chi connectivity index (χ0) is 20.4. The molecule has 2 heterocycles. The fourth-order valence-electron chi connectivity index (χ4n) is 3.47. The number of benzene rings is 1. The average Bonchev–Trinajstić information content (AvgIpc) is 3.44. The molecule has 0 aliphatic heterocycles. The van der Waals surface area contributed by atoms with Gasteiger partial charge in [-0.2, -0.15) is 0 Å². The Morgan fingerprint density at radius 2 is 2.03 bits per heavy atom. The molecule has 1 saturated carbocycles. The molecule has 1 aromatic carbocycles. The highest BCUT2D eigenvalue weighted by atomic mass is 16.3. The van der Waals surface area contributed by atoms with Crippen LogP contribution >= 0.6 is 0 Å². The first-order valence-electron chi connectivity index (χ1n) is 10.0. The third kappa shape index (κ3) is 4.31. The minimum absolute atomic E-state index is 0.0688. The van der Waals surface area contributed by atoms with E-state index in [2.05, 4.69) is 15.6 Å². The Morgan fingerprint density at radius 1 is 1.21 bits per heavy atom. The summed E-state index contributed by atoms with van der Waals surface area (Å²) in [5.41, 5.74) is 3.20. The predicted octanol–water partition coefficient (Wildman–Crippen LogP) is 3.95. The second kappa shape index (κ2) is 8.07. The molecule has 2 amide bonds. The first-order valence-corrected chi connectivity index (χ1v) is 10.0. The number of amides is 2. The van der Waals surface area contributed by atoms with Crippen LogP contribution in [0.4, 0.5) is 0 Å². The highest BCUT2D eigenvalue weighted by Gasteiger charge is 2.31. The molecule has 1 aliphatic rings. The van der Waals surface area contributed by atoms with Crippen LogP contribution in [0.5, 0.6) is 0 Å². The van der Waals surface area contributed by atoms with E-state index in [0.717, 1.165) is 35.1 Å². The van der Waals surface area contributed by atoms with Crippen LogP contribution in [0.1, 0.15) is 64.1 Å². The number of rotatable bonds is 7. The summed E-state index contributed by atoms with van der Waals surface area (Å²) in [7, 11) is 0. The Kier molecular flexibility index (Phi) is 5.34. The summed E-state index contributed by atoms with van der Waals surface area (Å²) in [6.45, 7) is 4.42. The van der Waals surface area contributed by atoms with Gasteiger partial charge in [0.05, 0.1) is 17.3 Å². The number of hydrogen-bond donors (Lipinski definition) is 2. The molecule has 1 atom stereocenters. The molecule has 150 valence electrons. The largest absolute Gasteiger partial charge is 0.468 e. The van der Waals surface area contributed by atoms with Crippen LogP contribution < -0.4 is 10.6 Å². The van der Waals surface area contributed by atoms with Crippen molar-refractivity contribution >= 4 is 22.7 Å². The van der Waals surface area contributed by atoms with Crippen molar-refractivity contribution in [2.75, 3.05) is 6.54 Å². The Morgan fingerprint density at radius 3 is 2.83 bits per heavy atom. The quantitative estimate of drug-likeness (QED) is 0.639. The molecule has 1 aliphatic carbocycles. The van der Waals surface area contributed by atoms with Crippen LogP contribution in [-0.2, 0) is 0 Å². The fraction of sp³-hybridized carbons (Fsp3) is 0.348. The third-order valence-electron chi connectivity index (χ3n) is 5.35. The van der Waals surface area contributed by atoms with Crippen LogP contribution in [0.15, 0.2) is 47.2 Å². The first kappa shape index (κ1) is 19.2. The number of aromatic nitrogens is 1. The van der Waals surface area contributed by atoms with Crippen molar-refractivity contribution in [2.24, 2.45) is 0 Å². The van der Waals surface area contributed by atoms with Crippen LogP contribution in [0.3, 0.4) is 0 Å². The summed E-state index contributed by atoms with van der Waals surface area (Å²) in [6, 6.07) is 9.12. The van der Waals surface area contributed by atoms with Gasteiger partial charge < -0.3 is 15.1 Å². The summed E-state index contributed by atoms with van der Waals surface area (Å²) in [6.07, 6.45) is 6.15. The second-order valence-corrected chi connectivity index (χ2v) is 7.75. The van der Waals surface area contributed by atoms with E-state index in [1.165, 1.54) is 0 Å². The van der Waals surface area contributed by atoms with Crippen LogP contribution in [0, 0.1) is 6.92 Å². The number of nitrogens with one attached hydrogen (secondary N) is 2. The topological polar surface area (TPSA) is 84.2 Å². The monoisotopic (exact) mass is 391 g/mol. The molecule has 6 nitrogen and oxygen atoms in total. The molecular weight excluding hydrogens is 366 g/mol. The van der Waals surface area contributed by atoms with Crippen LogP contribution in [0.2, 0.25) is 0 Å². The Balaban J connectivity index is 1.29. The Bertz CT molecular complexity index is 1050. The van der Waals surface area contributed by atoms with Crippen LogP contribution in [-0.4, -0.2) is 29.4 Å². The van der Waals surface area contributed by atoms with Crippen LogP contribution in [0.25, 0.3) is 10.9 Å². The zero-order valence-corrected chi connectivity index (χ0v) is 16.7. The fourth-order valence-corrected chi connectivity index (χ4v) is 3.47. The van der Waals surface area contributed by atoms with Crippen molar-refractivity contribution in [1.29, 1.82) is 0 Å². The van der Waals surface area contributed by atoms with Crippen molar-refractivity contribution in [3.63, 3.8) is 0 Å². The normalized spacial score (nSPS) is 14.6. The van der Waals surface area contributed by atoms with Gasteiger partial charge in [-0.05, 0) is 69.0 Å². The molecule has 29 heavy (non-hydrogen) atoms. The van der Waals surface area contributed by atoms with Gasteiger partial charge in [0.1, 0.15) is 5.76 Å². The molecule has 0 spiro atoms. The number of pyridine rings is 1. The van der Waals surface area contributed by atoms with Gasteiger partial charge in [-0.25, -0.2) is 0 Å². The molecule has 0 radical (unpaired) electrons. The number of carbonyl (C=O) groups is 2. The van der Waals surface area contributed by atoms with Gasteiger partial charge in [-0.15, -0.1) is 0 Å². The van der Waals surface area contributed by atoms with E-state index >= 15 is 0 Å². The van der Waals surface area contributed by atoms with Crippen molar-refractivity contribution in [1.82, 2.24) is 15.6 Å². The molecular formula is C23H25N3O3. The van der Waals surface area contributed by atoms with Crippen molar-refractivity contribution in [3.05, 3.63) is 65.2 Å². The summed E-state index contributed by atoms with van der Waals surface area (Å²) >= 11 is 0. The number of fused-ring (bicyclic) bond motifs is 1. The van der Waals surface area contributed by atoms with Crippen molar-refractivity contribution in [2.45, 2.75) is 45.1 Å². The zero-order valence-electron chi connectivity index (χ0n) is 16.7. The minimum atomic E-state index is -0.125. The molecule has 1 fully saturated rings. The SMILES string of the molecule is Cc1ccnc2ccc(C(=O)N[C@@H](C)CCNC(=O)c3ccoc3C3CC3)cc12. The summed E-state index contributed by atoms with van der Waals surface area (Å²) in [5.74, 6) is 0.950. The van der Waals surface area contributed by atoms with Gasteiger partial charge >= 0.3 is 0 Å². The average molecular weight is 391 g/mol. The van der Waals surface area contributed by atoms with Crippen molar-refractivity contribution < 1.29 is 14.0 Å². The molecule has 2 aromatic heterocycles. The first-order chi connectivity index (χ1) is 14.0. The maximum atomic E-state index is 12.6. The number of nitrogens with zero attached hydrogens (tertiary/aromatic N) is 1. The minimum Gasteiger partial charge on any atom is -0.468 e. The van der Waals surface area contributed by atoms with E-state index < -0.39 is 0 Å². The van der Waals surface area contributed by atoms with Gasteiger partial charge in [0.25, 0.3) is 11.8 Å². The maximum absolute atomic E-state index is 12.6. The van der Waals surface area contributed by atoms with E-state index in [1.807, 2.05) is 32.0 Å². The molecule has 6 heteroatoms. The number of furan rings is 1. The highest BCUT2D eigenvalue weighted by Crippen LogP contribution is 2.42. The van der Waals surface area contributed by atoms with Gasteiger partial charge in [0.15, 0.2) is 0 Å². The second-order valence-electron chi connectivity index (χ2n) is 7.75. The predicted molar refractivity (Wildman–Crippen MR) is 111 cm³/mol. The summed E-state index contributed by atoms with van der Waals surface area (Å²) < 4.78 is 5.46. The molecule has 0 unspecified atom stereocenters. The lowest BCUT2D eigenvalue weighted by molar-refractivity contribution is 0.0937. The molecule has 4 rings (SSSR count). The standard InChI is InChI=1S/C23H25N3O3/c1-14-7-10-24-20-6-5-17(13-19(14)20)22(27)26-15(2)8-11-25-23(28)18-9-12-29-21(18)16-3-4-16/h5-7,9-10,12-13,15-16H,3-4,8,11H2,1-2H3,(H,25,28)(H,26,27)/t15-/m0/s1. The number of hydrogen-bond acceptors (Lipinski definition) is 4. The third-order valence-corrected chi connectivity index (χ3v) is 5.35. The lowest BCUT2D eigenvalue weighted by atomic mass is 10.1. The summed E-state index contributed by atoms with van der Waals surface area (Å²) in [5, 5.41) is 6.90. The lowest BCUT2D eigenvalue weighted by Crippen LogP contribution is -2.36. The highest BCUT2D eigenvalue weighted by molar-refractivity contribution is 5.98. The maximum Gasteiger partial charge on any atom is 0.254 e. The van der Waals surface area contributed by atoms with E-state index in [-0.39, 0.29) is 17.9 Å². The van der Waals surface area contributed by atoms with Gasteiger partial charge in [-0.3, -0.25) is 14.6 Å². The molecule has 2 N–H and O–H groups in total. The number of carbonyl (C=O) groups excluding carboxylic acids is 2. The van der Waals surface area contributed by atoms with Gasteiger partial charge in [0.2, 0.25) is 0 Å². The lowest BCUT2D eigenvalue weighted by Gasteiger charge is -2.15. The van der Waals surface area contributed by atoms with E-state index in [9.17, 15) is 9.59 Å².